The minimum absolute atomic E-state index is 0.0133. The lowest BCUT2D eigenvalue weighted by atomic mass is 9.96. The van der Waals surface area contributed by atoms with Crippen molar-refractivity contribution < 1.29 is 14.0 Å². The van der Waals surface area contributed by atoms with Crippen molar-refractivity contribution in [3.8, 4) is 0 Å². The number of furan rings is 1. The van der Waals surface area contributed by atoms with Crippen molar-refractivity contribution in [2.45, 2.75) is 31.3 Å². The van der Waals surface area contributed by atoms with Crippen molar-refractivity contribution in [1.29, 1.82) is 0 Å². The van der Waals surface area contributed by atoms with Crippen LogP contribution in [0.3, 0.4) is 0 Å². The van der Waals surface area contributed by atoms with E-state index in [4.69, 9.17) is 4.42 Å². The highest BCUT2D eigenvalue weighted by molar-refractivity contribution is 5.96. The molecule has 2 aromatic rings. The lowest BCUT2D eigenvalue weighted by molar-refractivity contribution is -0.120. The van der Waals surface area contributed by atoms with E-state index in [1.807, 2.05) is 23.0 Å². The molecule has 2 fully saturated rings. The summed E-state index contributed by atoms with van der Waals surface area (Å²) >= 11 is 0. The zero-order chi connectivity index (χ0) is 16.0. The van der Waals surface area contributed by atoms with Crippen molar-refractivity contribution in [3.05, 3.63) is 36.5 Å². The number of hydrogen-bond donors (Lipinski definition) is 0. The van der Waals surface area contributed by atoms with Crippen LogP contribution in [0.2, 0.25) is 0 Å². The highest BCUT2D eigenvalue weighted by Crippen LogP contribution is 2.35. The molecule has 2 saturated heterocycles. The summed E-state index contributed by atoms with van der Waals surface area (Å²) < 4.78 is 6.93. The maximum absolute atomic E-state index is 12.6. The van der Waals surface area contributed by atoms with Gasteiger partial charge in [-0.1, -0.05) is 0 Å². The number of likely N-dealkylation sites (tertiary alicyclic amines) is 1. The van der Waals surface area contributed by atoms with Crippen LogP contribution in [0.15, 0.2) is 35.2 Å². The van der Waals surface area contributed by atoms with E-state index < -0.39 is 0 Å². The summed E-state index contributed by atoms with van der Waals surface area (Å²) in [5.41, 5.74) is 0.805. The smallest absolute Gasteiger partial charge is 0.289 e. The second-order valence-electron chi connectivity index (χ2n) is 6.07. The molecule has 0 bridgehead atoms. The molecule has 23 heavy (non-hydrogen) atoms. The number of fused-ring (bicyclic) bond motifs is 1. The maximum atomic E-state index is 12.6. The molecule has 120 valence electrons. The summed E-state index contributed by atoms with van der Waals surface area (Å²) in [6, 6.07) is 3.44. The van der Waals surface area contributed by atoms with E-state index in [1.54, 1.807) is 23.0 Å². The Hall–Kier alpha value is -2.57. The second kappa shape index (κ2) is 5.26. The van der Waals surface area contributed by atoms with E-state index in [0.717, 1.165) is 12.1 Å². The molecule has 0 radical (unpaired) electrons. The number of amides is 2. The molecule has 0 unspecified atom stereocenters. The molecular weight excluding hydrogens is 296 g/mol. The van der Waals surface area contributed by atoms with Crippen LogP contribution < -0.4 is 4.90 Å². The van der Waals surface area contributed by atoms with Gasteiger partial charge in [-0.15, -0.1) is 0 Å². The molecule has 2 atom stereocenters. The number of carbonyl (C=O) groups is 2. The highest BCUT2D eigenvalue weighted by atomic mass is 16.3. The molecule has 4 heterocycles. The quantitative estimate of drug-likeness (QED) is 0.840. The predicted molar refractivity (Wildman–Crippen MR) is 81.9 cm³/mol. The average molecular weight is 314 g/mol. The van der Waals surface area contributed by atoms with Crippen LogP contribution in [0.5, 0.6) is 0 Å². The zero-order valence-corrected chi connectivity index (χ0v) is 12.9. The van der Waals surface area contributed by atoms with Crippen molar-refractivity contribution >= 4 is 17.5 Å². The van der Waals surface area contributed by atoms with Gasteiger partial charge >= 0.3 is 0 Å². The van der Waals surface area contributed by atoms with Gasteiger partial charge in [0.05, 0.1) is 30.2 Å². The fraction of sp³-hybridized carbons (Fsp3) is 0.438. The minimum atomic E-state index is -0.0945. The Balaban J connectivity index is 1.61. The Morgan fingerprint density at radius 1 is 1.35 bits per heavy atom. The van der Waals surface area contributed by atoms with Crippen molar-refractivity contribution in [2.75, 3.05) is 11.4 Å². The normalized spacial score (nSPS) is 24.1. The van der Waals surface area contributed by atoms with E-state index in [0.29, 0.717) is 25.1 Å². The molecule has 0 aromatic carbocycles. The first-order chi connectivity index (χ1) is 11.1. The van der Waals surface area contributed by atoms with Gasteiger partial charge in [-0.3, -0.25) is 14.3 Å². The third-order valence-electron chi connectivity index (χ3n) is 4.73. The van der Waals surface area contributed by atoms with Gasteiger partial charge in [0.15, 0.2) is 5.76 Å². The van der Waals surface area contributed by atoms with Gasteiger partial charge in [0.1, 0.15) is 0 Å². The first kappa shape index (κ1) is 14.0. The molecule has 4 rings (SSSR count). The van der Waals surface area contributed by atoms with Gasteiger partial charge in [0.2, 0.25) is 5.91 Å². The summed E-state index contributed by atoms with van der Waals surface area (Å²) in [5.74, 6) is 0.366. The van der Waals surface area contributed by atoms with Gasteiger partial charge in [0, 0.05) is 26.2 Å². The second-order valence-corrected chi connectivity index (χ2v) is 6.07. The van der Waals surface area contributed by atoms with E-state index in [9.17, 15) is 9.59 Å². The van der Waals surface area contributed by atoms with Gasteiger partial charge in [0.25, 0.3) is 5.91 Å². The zero-order valence-electron chi connectivity index (χ0n) is 12.9. The molecule has 0 saturated carbocycles. The first-order valence-corrected chi connectivity index (χ1v) is 7.80. The highest BCUT2D eigenvalue weighted by Gasteiger charge is 2.46. The molecule has 2 amide bonds. The number of hydrogen-bond acceptors (Lipinski definition) is 4. The molecule has 7 nitrogen and oxygen atoms in total. The number of nitrogens with zero attached hydrogens (tertiary/aromatic N) is 4. The summed E-state index contributed by atoms with van der Waals surface area (Å²) in [6.45, 7) is 0.638. The fourth-order valence-corrected chi connectivity index (χ4v) is 3.73. The van der Waals surface area contributed by atoms with Gasteiger partial charge < -0.3 is 14.2 Å². The van der Waals surface area contributed by atoms with Crippen molar-refractivity contribution in [3.63, 3.8) is 0 Å². The summed E-state index contributed by atoms with van der Waals surface area (Å²) in [4.78, 5) is 28.7. The Kier molecular flexibility index (Phi) is 3.21. The van der Waals surface area contributed by atoms with Crippen molar-refractivity contribution in [1.82, 2.24) is 14.7 Å². The third-order valence-corrected chi connectivity index (χ3v) is 4.73. The number of aryl methyl sites for hydroxylation is 1. The largest absolute Gasteiger partial charge is 0.459 e. The average Bonchev–Trinajstić information content (AvgIpc) is 3.26. The van der Waals surface area contributed by atoms with Crippen LogP contribution in [0.1, 0.15) is 29.8 Å². The van der Waals surface area contributed by atoms with Crippen LogP contribution >= 0.6 is 0 Å². The molecule has 2 aliphatic heterocycles. The van der Waals surface area contributed by atoms with Gasteiger partial charge in [-0.2, -0.15) is 5.10 Å². The van der Waals surface area contributed by atoms with E-state index in [-0.39, 0.29) is 23.9 Å². The lowest BCUT2D eigenvalue weighted by Crippen LogP contribution is -2.53. The number of piperidine rings is 1. The maximum Gasteiger partial charge on any atom is 0.289 e. The Bertz CT molecular complexity index is 736. The number of carbonyl (C=O) groups excluding carboxylic acids is 2. The lowest BCUT2D eigenvalue weighted by Gasteiger charge is -2.38. The van der Waals surface area contributed by atoms with Crippen LogP contribution in [0.25, 0.3) is 0 Å². The Morgan fingerprint density at radius 3 is 2.91 bits per heavy atom. The van der Waals surface area contributed by atoms with Crippen LogP contribution in [-0.4, -0.2) is 45.1 Å². The SMILES string of the molecule is Cn1cc(N2C(=O)CC[C@@H]3[C@H]2CCN3C(=O)c2ccco2)cn1. The minimum Gasteiger partial charge on any atom is -0.459 e. The standard InChI is InChI=1S/C16H18N4O3/c1-18-10-11(9-17-18)20-13-6-7-19(12(13)4-5-15(20)21)16(22)14-3-2-8-23-14/h2-3,8-10,12-13H,4-7H2,1H3/t12-,13-/m1/s1. The molecule has 0 N–H and O–H groups in total. The van der Waals surface area contributed by atoms with Crippen LogP contribution in [-0.2, 0) is 11.8 Å². The topological polar surface area (TPSA) is 71.6 Å². The molecule has 0 aliphatic carbocycles. The predicted octanol–water partition coefficient (Wildman–Crippen LogP) is 1.42. The van der Waals surface area contributed by atoms with Crippen LogP contribution in [0, 0.1) is 0 Å². The third kappa shape index (κ3) is 2.23. The first-order valence-electron chi connectivity index (χ1n) is 7.80. The molecule has 2 aliphatic rings. The van der Waals surface area contributed by atoms with E-state index in [2.05, 4.69) is 5.10 Å². The molecular formula is C16H18N4O3. The number of anilines is 1. The summed E-state index contributed by atoms with van der Waals surface area (Å²) in [5, 5.41) is 4.16. The molecule has 2 aromatic heterocycles. The molecule has 0 spiro atoms. The van der Waals surface area contributed by atoms with Gasteiger partial charge in [-0.05, 0) is 25.0 Å². The van der Waals surface area contributed by atoms with E-state index >= 15 is 0 Å². The summed E-state index contributed by atoms with van der Waals surface area (Å²) in [6.07, 6.45) is 6.98. The number of rotatable bonds is 2. The number of aromatic nitrogens is 2. The van der Waals surface area contributed by atoms with Gasteiger partial charge in [-0.25, -0.2) is 0 Å². The Labute approximate surface area is 133 Å². The molecule has 7 heteroatoms. The van der Waals surface area contributed by atoms with Crippen LogP contribution in [0.4, 0.5) is 5.69 Å². The summed E-state index contributed by atoms with van der Waals surface area (Å²) in [7, 11) is 1.83. The van der Waals surface area contributed by atoms with E-state index in [1.165, 1.54) is 6.26 Å². The monoisotopic (exact) mass is 314 g/mol. The fourth-order valence-electron chi connectivity index (χ4n) is 3.73. The van der Waals surface area contributed by atoms with Crippen molar-refractivity contribution in [2.24, 2.45) is 7.05 Å². The Morgan fingerprint density at radius 2 is 2.22 bits per heavy atom.